The highest BCUT2D eigenvalue weighted by atomic mass is 16.7. The first-order valence-corrected chi connectivity index (χ1v) is 7.88. The minimum absolute atomic E-state index is 0.00990. The first-order chi connectivity index (χ1) is 10.8. The summed E-state index contributed by atoms with van der Waals surface area (Å²) in [6, 6.07) is 0. The predicted octanol–water partition coefficient (Wildman–Crippen LogP) is 0.571. The van der Waals surface area contributed by atoms with Gasteiger partial charge in [0.25, 0.3) is 11.5 Å². The summed E-state index contributed by atoms with van der Waals surface area (Å²) in [5.41, 5.74) is 1.42. The highest BCUT2D eigenvalue weighted by Crippen LogP contribution is 2.26. The van der Waals surface area contributed by atoms with E-state index in [1.807, 2.05) is 13.8 Å². The van der Waals surface area contributed by atoms with Gasteiger partial charge >= 0.3 is 0 Å². The number of oxime groups is 1. The molecule has 7 heteroatoms. The minimum atomic E-state index is -0.922. The molecule has 1 atom stereocenters. The molecule has 0 saturated carbocycles. The van der Waals surface area contributed by atoms with E-state index >= 15 is 0 Å². The fourth-order valence-corrected chi connectivity index (χ4v) is 3.25. The highest BCUT2D eigenvalue weighted by molar-refractivity contribution is 5.94. The predicted molar refractivity (Wildman–Crippen MR) is 85.4 cm³/mol. The highest BCUT2D eigenvalue weighted by Gasteiger charge is 2.43. The summed E-state index contributed by atoms with van der Waals surface area (Å²) in [6.45, 7) is 6.50. The molecule has 7 nitrogen and oxygen atoms in total. The van der Waals surface area contributed by atoms with E-state index in [0.717, 1.165) is 17.0 Å². The van der Waals surface area contributed by atoms with Gasteiger partial charge in [-0.1, -0.05) is 5.16 Å². The molecule has 0 spiro atoms. The van der Waals surface area contributed by atoms with Gasteiger partial charge in [-0.3, -0.25) is 14.2 Å². The lowest BCUT2D eigenvalue weighted by Gasteiger charge is -2.28. The molecule has 0 saturated heterocycles. The normalized spacial score (nSPS) is 23.8. The number of fused-ring (bicyclic) bond motifs is 1. The molecule has 124 valence electrons. The molecule has 23 heavy (non-hydrogen) atoms. The SMILES string of the molecule is CC1=NO[C@](C)(C(=O)N2CCc3nc(C)n(C)c(=O)c3CC2)C1. The maximum absolute atomic E-state index is 12.8. The van der Waals surface area contributed by atoms with Crippen molar-refractivity contribution < 1.29 is 9.63 Å². The first-order valence-electron chi connectivity index (χ1n) is 7.88. The van der Waals surface area contributed by atoms with E-state index in [9.17, 15) is 9.59 Å². The van der Waals surface area contributed by atoms with Crippen LogP contribution in [-0.4, -0.2) is 44.8 Å². The van der Waals surface area contributed by atoms with Gasteiger partial charge in [0.15, 0.2) is 0 Å². The van der Waals surface area contributed by atoms with E-state index in [-0.39, 0.29) is 11.5 Å². The standard InChI is InChI=1S/C16H22N4O3/c1-10-9-16(3,23-18-10)15(22)20-7-5-12-13(6-8-20)17-11(2)19(4)14(12)21/h5-9H2,1-4H3/t16-/m0/s1. The Bertz CT molecular complexity index is 752. The van der Waals surface area contributed by atoms with Crippen molar-refractivity contribution in [3.05, 3.63) is 27.4 Å². The summed E-state index contributed by atoms with van der Waals surface area (Å²) in [7, 11) is 1.73. The summed E-state index contributed by atoms with van der Waals surface area (Å²) in [5, 5.41) is 3.91. The minimum Gasteiger partial charge on any atom is -0.379 e. The summed E-state index contributed by atoms with van der Waals surface area (Å²) in [4.78, 5) is 36.9. The molecule has 0 radical (unpaired) electrons. The molecule has 0 aliphatic carbocycles. The van der Waals surface area contributed by atoms with Gasteiger partial charge in [-0.15, -0.1) is 0 Å². The van der Waals surface area contributed by atoms with Crippen molar-refractivity contribution in [3.8, 4) is 0 Å². The first kappa shape index (κ1) is 15.7. The second-order valence-electron chi connectivity index (χ2n) is 6.57. The Hall–Kier alpha value is -2.18. The Morgan fingerprint density at radius 1 is 1.26 bits per heavy atom. The fourth-order valence-electron chi connectivity index (χ4n) is 3.25. The number of rotatable bonds is 1. The summed E-state index contributed by atoms with van der Waals surface area (Å²) >= 11 is 0. The summed E-state index contributed by atoms with van der Waals surface area (Å²) in [5.74, 6) is 0.628. The topological polar surface area (TPSA) is 76.8 Å². The van der Waals surface area contributed by atoms with Crippen molar-refractivity contribution in [2.45, 2.75) is 45.6 Å². The van der Waals surface area contributed by atoms with E-state index in [2.05, 4.69) is 10.1 Å². The van der Waals surface area contributed by atoms with Crippen molar-refractivity contribution >= 4 is 11.6 Å². The molecule has 0 fully saturated rings. The molecule has 2 aliphatic rings. The summed E-state index contributed by atoms with van der Waals surface area (Å²) in [6.07, 6.45) is 1.62. The number of nitrogens with zero attached hydrogens (tertiary/aromatic N) is 4. The van der Waals surface area contributed by atoms with Gasteiger partial charge in [0, 0.05) is 38.5 Å². The molecule has 2 aliphatic heterocycles. The molecule has 1 amide bonds. The van der Waals surface area contributed by atoms with Crippen LogP contribution in [0.2, 0.25) is 0 Å². The third-order valence-electron chi connectivity index (χ3n) is 4.68. The lowest BCUT2D eigenvalue weighted by molar-refractivity contribution is -0.153. The zero-order chi connectivity index (χ0) is 16.8. The van der Waals surface area contributed by atoms with Crippen LogP contribution in [-0.2, 0) is 29.5 Å². The van der Waals surface area contributed by atoms with Crippen LogP contribution in [0.4, 0.5) is 0 Å². The monoisotopic (exact) mass is 318 g/mol. The van der Waals surface area contributed by atoms with Crippen molar-refractivity contribution in [3.63, 3.8) is 0 Å². The number of amides is 1. The number of carbonyl (C=O) groups is 1. The summed E-state index contributed by atoms with van der Waals surface area (Å²) < 4.78 is 1.56. The number of aromatic nitrogens is 2. The van der Waals surface area contributed by atoms with E-state index in [0.29, 0.717) is 38.2 Å². The second kappa shape index (κ2) is 5.47. The van der Waals surface area contributed by atoms with Gasteiger partial charge in [0.2, 0.25) is 5.60 Å². The molecule has 3 heterocycles. The van der Waals surface area contributed by atoms with Gasteiger partial charge in [0.05, 0.1) is 11.4 Å². The third kappa shape index (κ3) is 2.64. The van der Waals surface area contributed by atoms with Gasteiger partial charge < -0.3 is 9.74 Å². The largest absolute Gasteiger partial charge is 0.379 e. The van der Waals surface area contributed by atoms with Crippen molar-refractivity contribution in [1.82, 2.24) is 14.5 Å². The van der Waals surface area contributed by atoms with Crippen LogP contribution in [0.1, 0.15) is 37.4 Å². The van der Waals surface area contributed by atoms with Crippen molar-refractivity contribution in [2.75, 3.05) is 13.1 Å². The van der Waals surface area contributed by atoms with Crippen LogP contribution in [0.3, 0.4) is 0 Å². The fraction of sp³-hybridized carbons (Fsp3) is 0.625. The molecular weight excluding hydrogens is 296 g/mol. The Morgan fingerprint density at radius 2 is 1.96 bits per heavy atom. The van der Waals surface area contributed by atoms with E-state index < -0.39 is 5.60 Å². The van der Waals surface area contributed by atoms with E-state index in [1.54, 1.807) is 23.4 Å². The average Bonchev–Trinajstić information content (AvgIpc) is 2.74. The molecule has 1 aromatic rings. The zero-order valence-electron chi connectivity index (χ0n) is 14.0. The lowest BCUT2D eigenvalue weighted by atomic mass is 9.98. The van der Waals surface area contributed by atoms with Crippen LogP contribution in [0.25, 0.3) is 0 Å². The zero-order valence-corrected chi connectivity index (χ0v) is 14.0. The lowest BCUT2D eigenvalue weighted by Crippen LogP contribution is -2.48. The second-order valence-corrected chi connectivity index (χ2v) is 6.57. The van der Waals surface area contributed by atoms with Gasteiger partial charge in [-0.25, -0.2) is 4.98 Å². The van der Waals surface area contributed by atoms with Gasteiger partial charge in [0.1, 0.15) is 5.82 Å². The average molecular weight is 318 g/mol. The number of aryl methyl sites for hydroxylation is 1. The van der Waals surface area contributed by atoms with Crippen LogP contribution in [0.15, 0.2) is 9.95 Å². The van der Waals surface area contributed by atoms with Crippen LogP contribution in [0.5, 0.6) is 0 Å². The molecule has 0 bridgehead atoms. The third-order valence-corrected chi connectivity index (χ3v) is 4.68. The van der Waals surface area contributed by atoms with E-state index in [1.165, 1.54) is 0 Å². The Morgan fingerprint density at radius 3 is 2.61 bits per heavy atom. The van der Waals surface area contributed by atoms with E-state index in [4.69, 9.17) is 4.84 Å². The maximum Gasteiger partial charge on any atom is 0.269 e. The van der Waals surface area contributed by atoms with Crippen LogP contribution in [0, 0.1) is 6.92 Å². The van der Waals surface area contributed by atoms with Gasteiger partial charge in [-0.05, 0) is 27.2 Å². The molecular formula is C16H22N4O3. The molecule has 0 aromatic carbocycles. The molecule has 0 N–H and O–H groups in total. The maximum atomic E-state index is 12.8. The molecule has 1 aromatic heterocycles. The Kier molecular flexibility index (Phi) is 3.74. The number of hydrogen-bond donors (Lipinski definition) is 0. The number of carbonyl (C=O) groups excluding carboxylic acids is 1. The van der Waals surface area contributed by atoms with Crippen LogP contribution >= 0.6 is 0 Å². The molecule has 3 rings (SSSR count). The number of hydrogen-bond acceptors (Lipinski definition) is 5. The quantitative estimate of drug-likeness (QED) is 0.758. The van der Waals surface area contributed by atoms with Gasteiger partial charge in [-0.2, -0.15) is 0 Å². The smallest absolute Gasteiger partial charge is 0.269 e. The Labute approximate surface area is 134 Å². The van der Waals surface area contributed by atoms with Crippen molar-refractivity contribution in [2.24, 2.45) is 12.2 Å². The molecule has 0 unspecified atom stereocenters. The van der Waals surface area contributed by atoms with Crippen molar-refractivity contribution in [1.29, 1.82) is 0 Å². The van der Waals surface area contributed by atoms with Crippen LogP contribution < -0.4 is 5.56 Å². The Balaban J connectivity index is 1.82.